The van der Waals surface area contributed by atoms with Crippen LogP contribution in [0.1, 0.15) is 42.6 Å². The van der Waals surface area contributed by atoms with Crippen molar-refractivity contribution in [1.29, 1.82) is 0 Å². The van der Waals surface area contributed by atoms with Gasteiger partial charge >= 0.3 is 0 Å². The summed E-state index contributed by atoms with van der Waals surface area (Å²) in [4.78, 5) is 37.1. The molecule has 2 fully saturated rings. The van der Waals surface area contributed by atoms with Crippen molar-refractivity contribution in [1.82, 2.24) is 34.9 Å². The molecule has 0 spiro atoms. The summed E-state index contributed by atoms with van der Waals surface area (Å²) in [6.07, 6.45) is 8.83. The molecule has 302 valence electrons. The second kappa shape index (κ2) is 18.0. The van der Waals surface area contributed by atoms with Gasteiger partial charge in [-0.3, -0.25) is 19.9 Å². The van der Waals surface area contributed by atoms with Crippen molar-refractivity contribution < 1.29 is 9.47 Å². The number of hydrogen-bond acceptors (Lipinski definition) is 11. The van der Waals surface area contributed by atoms with Gasteiger partial charge in [0.1, 0.15) is 17.3 Å². The van der Waals surface area contributed by atoms with E-state index < -0.39 is 0 Å². The molecule has 4 aromatic carbocycles. The number of aryl methyl sites for hydroxylation is 1. The fourth-order valence-electron chi connectivity index (χ4n) is 7.54. The number of hydrogen-bond donors (Lipinski definition) is 0. The van der Waals surface area contributed by atoms with E-state index in [4.69, 9.17) is 26.1 Å². The molecule has 12 heteroatoms. The van der Waals surface area contributed by atoms with Gasteiger partial charge in [-0.2, -0.15) is 0 Å². The quantitative estimate of drug-likeness (QED) is 0.146. The lowest BCUT2D eigenvalue weighted by Crippen LogP contribution is -2.46. The van der Waals surface area contributed by atoms with E-state index in [1.807, 2.05) is 80.7 Å². The number of nitrogens with zero attached hydrogens (tertiary/aromatic N) is 9. The van der Waals surface area contributed by atoms with Crippen molar-refractivity contribution in [2.75, 3.05) is 50.2 Å². The molecule has 2 saturated heterocycles. The molecule has 0 atom stereocenters. The fourth-order valence-corrected chi connectivity index (χ4v) is 7.72. The average molecular weight is 816 g/mol. The van der Waals surface area contributed by atoms with E-state index in [0.717, 1.165) is 99.8 Å². The smallest absolute Gasteiger partial charge is 0.225 e. The molecular weight excluding hydrogens is 770 g/mol. The summed E-state index contributed by atoms with van der Waals surface area (Å²) in [7, 11) is 3.34. The third-order valence-corrected chi connectivity index (χ3v) is 11.0. The maximum Gasteiger partial charge on any atom is 0.225 e. The van der Waals surface area contributed by atoms with Gasteiger partial charge in [-0.15, -0.1) is 0 Å². The number of rotatable bonds is 8. The monoisotopic (exact) mass is 815 g/mol. The first-order valence-corrected chi connectivity index (χ1v) is 20.5. The predicted octanol–water partition coefficient (Wildman–Crippen LogP) is 9.99. The molecule has 0 radical (unpaired) electrons. The number of pyridine rings is 1. The van der Waals surface area contributed by atoms with E-state index in [2.05, 4.69) is 83.0 Å². The number of ether oxygens (including phenoxy) is 2. The molecule has 0 bridgehead atoms. The maximum absolute atomic E-state index is 6.04. The molecule has 2 aliphatic rings. The zero-order valence-electron chi connectivity index (χ0n) is 34.3. The van der Waals surface area contributed by atoms with Crippen LogP contribution in [-0.2, 0) is 0 Å². The summed E-state index contributed by atoms with van der Waals surface area (Å²) in [6, 6.07) is 32.1. The second-order valence-electron chi connectivity index (χ2n) is 14.4. The van der Waals surface area contributed by atoms with Crippen LogP contribution in [0.5, 0.6) is 11.5 Å². The third-order valence-electron chi connectivity index (χ3n) is 10.7. The highest BCUT2D eigenvalue weighted by molar-refractivity contribution is 6.31. The fraction of sp³-hybridized carbons (Fsp3) is 0.229. The highest BCUT2D eigenvalue weighted by Gasteiger charge is 2.34. The van der Waals surface area contributed by atoms with Crippen LogP contribution in [0.4, 0.5) is 11.8 Å². The average Bonchev–Trinajstić information content (AvgIpc) is 3.27. The number of halogens is 1. The first kappa shape index (κ1) is 40.1. The lowest BCUT2D eigenvalue weighted by Gasteiger charge is -2.40. The van der Waals surface area contributed by atoms with Crippen LogP contribution in [0.3, 0.4) is 0 Å². The van der Waals surface area contributed by atoms with Gasteiger partial charge in [0.05, 0.1) is 48.0 Å². The Morgan fingerprint density at radius 1 is 0.583 bits per heavy atom. The largest absolute Gasteiger partial charge is 0.497 e. The third kappa shape index (κ3) is 8.39. The Hall–Kier alpha value is -6.72. The number of benzene rings is 4. The number of fused-ring (bicyclic) bond motifs is 2. The first-order chi connectivity index (χ1) is 29.4. The molecule has 10 rings (SSSR count). The van der Waals surface area contributed by atoms with Crippen molar-refractivity contribution in [2.45, 2.75) is 32.6 Å². The van der Waals surface area contributed by atoms with Crippen molar-refractivity contribution in [3.8, 4) is 34.0 Å². The predicted molar refractivity (Wildman–Crippen MR) is 240 cm³/mol. The number of para-hydroxylation sites is 1. The Morgan fingerprint density at radius 3 is 1.78 bits per heavy atom. The SMILES string of the molecule is CC.COc1cccc(-c2nccnc2C2CN(c3ccc4cccc(C)c4n3)C2)c1.COc1cccc(-c2nccnc2C2CN(c3ncc4cc(Cl)ccc4n3)C2)c1. The van der Waals surface area contributed by atoms with Gasteiger partial charge in [0.15, 0.2) is 0 Å². The van der Waals surface area contributed by atoms with E-state index in [1.54, 1.807) is 39.0 Å². The highest BCUT2D eigenvalue weighted by atomic mass is 35.5. The highest BCUT2D eigenvalue weighted by Crippen LogP contribution is 2.37. The van der Waals surface area contributed by atoms with Gasteiger partial charge in [0.2, 0.25) is 5.95 Å². The topological polar surface area (TPSA) is 115 Å². The zero-order chi connectivity index (χ0) is 41.6. The standard InChI is InChI=1S/C24H22N4O.C22H18ClN5O.C2H6/c1-16-5-3-6-17-9-10-21(27-22(16)17)28-14-19(15-28)24-23(25-11-12-26-24)18-7-4-8-20(13-18)29-2;1-29-18-4-2-3-14(10-18)20-21(25-8-7-24-20)16-12-28(13-16)22-26-11-15-9-17(23)5-6-19(15)27-22;1-2/h3-13,19H,14-15H2,1-2H3;2-11,16H,12-13H2,1H3;1-2H3. The number of anilines is 2. The lowest BCUT2D eigenvalue weighted by molar-refractivity contribution is 0.415. The van der Waals surface area contributed by atoms with Crippen molar-refractivity contribution in [2.24, 2.45) is 0 Å². The van der Waals surface area contributed by atoms with E-state index >= 15 is 0 Å². The first-order valence-electron chi connectivity index (χ1n) is 20.1. The summed E-state index contributed by atoms with van der Waals surface area (Å²) < 4.78 is 10.7. The van der Waals surface area contributed by atoms with Crippen molar-refractivity contribution in [3.63, 3.8) is 0 Å². The van der Waals surface area contributed by atoms with Gasteiger partial charge in [-0.1, -0.05) is 67.9 Å². The Labute approximate surface area is 355 Å². The van der Waals surface area contributed by atoms with Crippen molar-refractivity contribution >= 4 is 45.2 Å². The van der Waals surface area contributed by atoms with Crippen LogP contribution in [0.25, 0.3) is 44.3 Å². The van der Waals surface area contributed by atoms with Gasteiger partial charge in [0.25, 0.3) is 0 Å². The summed E-state index contributed by atoms with van der Waals surface area (Å²) in [6.45, 7) is 9.49. The molecule has 0 amide bonds. The summed E-state index contributed by atoms with van der Waals surface area (Å²) in [5, 5.41) is 2.80. The molecule has 0 aliphatic carbocycles. The van der Waals surface area contributed by atoms with Crippen LogP contribution in [0.2, 0.25) is 5.02 Å². The summed E-state index contributed by atoms with van der Waals surface area (Å²) >= 11 is 6.04. The molecule has 0 saturated carbocycles. The van der Waals surface area contributed by atoms with E-state index in [0.29, 0.717) is 10.9 Å². The molecule has 0 N–H and O–H groups in total. The molecular formula is C48H46ClN9O2. The minimum Gasteiger partial charge on any atom is -0.497 e. The molecule has 11 nitrogen and oxygen atoms in total. The van der Waals surface area contributed by atoms with Crippen LogP contribution < -0.4 is 19.3 Å². The summed E-state index contributed by atoms with van der Waals surface area (Å²) in [5.74, 6) is 3.98. The van der Waals surface area contributed by atoms with Gasteiger partial charge in [-0.25, -0.2) is 15.0 Å². The molecule has 6 heterocycles. The van der Waals surface area contributed by atoms with E-state index in [-0.39, 0.29) is 5.92 Å². The molecule has 4 aromatic heterocycles. The van der Waals surface area contributed by atoms with E-state index in [1.165, 1.54) is 10.9 Å². The van der Waals surface area contributed by atoms with E-state index in [9.17, 15) is 0 Å². The Bertz CT molecular complexity index is 2750. The lowest BCUT2D eigenvalue weighted by atomic mass is 9.92. The van der Waals surface area contributed by atoms with Crippen LogP contribution >= 0.6 is 11.6 Å². The Kier molecular flexibility index (Phi) is 12.1. The zero-order valence-corrected chi connectivity index (χ0v) is 35.1. The van der Waals surface area contributed by atoms with Gasteiger partial charge in [-0.05, 0) is 67.1 Å². The van der Waals surface area contributed by atoms with Gasteiger partial charge < -0.3 is 19.3 Å². The number of aromatic nitrogens is 7. The Morgan fingerprint density at radius 2 is 1.17 bits per heavy atom. The normalized spacial score (nSPS) is 13.7. The van der Waals surface area contributed by atoms with Crippen LogP contribution in [-0.4, -0.2) is 75.3 Å². The van der Waals surface area contributed by atoms with Gasteiger partial charge in [0, 0.05) is 95.9 Å². The second-order valence-corrected chi connectivity index (χ2v) is 14.9. The summed E-state index contributed by atoms with van der Waals surface area (Å²) in [5.41, 5.74) is 9.05. The Balaban J connectivity index is 0.000000160. The van der Waals surface area contributed by atoms with Crippen LogP contribution in [0, 0.1) is 6.92 Å². The maximum atomic E-state index is 6.04. The van der Waals surface area contributed by atoms with Crippen LogP contribution in [0.15, 0.2) is 128 Å². The minimum absolute atomic E-state index is 0.273. The number of methoxy groups -OCH3 is 2. The van der Waals surface area contributed by atoms with Crippen molar-refractivity contribution in [3.05, 3.63) is 150 Å². The molecule has 0 unspecified atom stereocenters. The molecule has 60 heavy (non-hydrogen) atoms. The molecule has 2 aliphatic heterocycles. The minimum atomic E-state index is 0.273. The molecule has 8 aromatic rings.